The van der Waals surface area contributed by atoms with Crippen LogP contribution in [0.25, 0.3) is 0 Å². The molecule has 0 radical (unpaired) electrons. The monoisotopic (exact) mass is 458 g/mol. The molecule has 1 aromatic heterocycles. The zero-order valence-corrected chi connectivity index (χ0v) is 21.4. The summed E-state index contributed by atoms with van der Waals surface area (Å²) in [5.41, 5.74) is 4.30. The zero-order chi connectivity index (χ0) is 22.6. The highest BCUT2D eigenvalue weighted by atomic mass is 32.2. The molecule has 1 heterocycles. The minimum absolute atomic E-state index is 0.0778. The second kappa shape index (κ2) is 13.8. The Morgan fingerprint density at radius 2 is 1.71 bits per heavy atom. The molecule has 1 aromatic carbocycles. The molecule has 1 atom stereocenters. The van der Waals surface area contributed by atoms with Crippen LogP contribution >= 0.6 is 23.5 Å². The molecule has 3 nitrogen and oxygen atoms in total. The van der Waals surface area contributed by atoms with E-state index in [0.717, 1.165) is 46.1 Å². The first kappa shape index (κ1) is 25.8. The predicted octanol–water partition coefficient (Wildman–Crippen LogP) is 7.87. The minimum Gasteiger partial charge on any atom is -0.322 e. The molecule has 1 N–H and O–H groups in total. The number of pyridine rings is 1. The molecule has 2 aromatic rings. The molecule has 2 rings (SSSR count). The first-order valence-corrected chi connectivity index (χ1v) is 14.0. The summed E-state index contributed by atoms with van der Waals surface area (Å²) >= 11 is 3.24. The third kappa shape index (κ3) is 7.87. The molecule has 170 valence electrons. The first-order valence-electron chi connectivity index (χ1n) is 11.5. The lowest BCUT2D eigenvalue weighted by Crippen LogP contribution is -2.22. The molecule has 0 fully saturated rings. The summed E-state index contributed by atoms with van der Waals surface area (Å²) < 4.78 is 0. The molecular formula is C26H38N2OS2. The first-order chi connectivity index (χ1) is 15.0. The highest BCUT2D eigenvalue weighted by Crippen LogP contribution is 2.35. The van der Waals surface area contributed by atoms with Crippen LogP contribution in [0.1, 0.15) is 81.5 Å². The summed E-state index contributed by atoms with van der Waals surface area (Å²) in [7, 11) is 0. The van der Waals surface area contributed by atoms with Gasteiger partial charge in [-0.25, -0.2) is 4.98 Å². The van der Waals surface area contributed by atoms with Crippen molar-refractivity contribution in [3.63, 3.8) is 0 Å². The quantitative estimate of drug-likeness (QED) is 0.245. The van der Waals surface area contributed by atoms with E-state index in [0.29, 0.717) is 0 Å². The molecule has 0 aliphatic carbocycles. The summed E-state index contributed by atoms with van der Waals surface area (Å²) in [4.78, 5) is 19.2. The number of rotatable bonds is 13. The van der Waals surface area contributed by atoms with E-state index >= 15 is 0 Å². The number of unbranched alkanes of at least 4 members (excludes halogenated alkanes) is 4. The summed E-state index contributed by atoms with van der Waals surface area (Å²) in [6.45, 7) is 6.44. The van der Waals surface area contributed by atoms with Crippen LogP contribution in [0.3, 0.4) is 0 Å². The highest BCUT2D eigenvalue weighted by molar-refractivity contribution is 7.99. The van der Waals surface area contributed by atoms with E-state index in [1.54, 1.807) is 23.5 Å². The number of nitrogens with zero attached hydrogens (tertiary/aromatic N) is 1. The Morgan fingerprint density at radius 1 is 1.00 bits per heavy atom. The fourth-order valence-electron chi connectivity index (χ4n) is 3.77. The van der Waals surface area contributed by atoms with Crippen LogP contribution in [0.5, 0.6) is 0 Å². The van der Waals surface area contributed by atoms with Gasteiger partial charge >= 0.3 is 0 Å². The standard InChI is InChI=1S/C26H38N2OS2/c1-6-8-10-11-13-22(21-16-14-20(15-17-21)12-9-7-2)25(29)28-24-23(30-4)18-19(3)27-26(24)31-5/h14-18,22H,6-13H2,1-5H3,(H,28,29). The Morgan fingerprint density at radius 3 is 2.32 bits per heavy atom. The van der Waals surface area contributed by atoms with E-state index in [9.17, 15) is 4.79 Å². The smallest absolute Gasteiger partial charge is 0.232 e. The molecule has 1 amide bonds. The average molecular weight is 459 g/mol. The molecule has 0 bridgehead atoms. The maximum absolute atomic E-state index is 13.5. The third-order valence-corrected chi connectivity index (χ3v) is 7.05. The van der Waals surface area contributed by atoms with Crippen molar-refractivity contribution in [2.45, 2.75) is 88.0 Å². The zero-order valence-electron chi connectivity index (χ0n) is 19.8. The highest BCUT2D eigenvalue weighted by Gasteiger charge is 2.23. The van der Waals surface area contributed by atoms with Crippen LogP contribution in [0.4, 0.5) is 5.69 Å². The molecular weight excluding hydrogens is 420 g/mol. The second-order valence-corrected chi connectivity index (χ2v) is 9.73. The van der Waals surface area contributed by atoms with Crippen LogP contribution < -0.4 is 5.32 Å². The van der Waals surface area contributed by atoms with Crippen molar-refractivity contribution in [3.8, 4) is 0 Å². The molecule has 1 unspecified atom stereocenters. The number of aryl methyl sites for hydroxylation is 2. The largest absolute Gasteiger partial charge is 0.322 e. The number of thioether (sulfide) groups is 2. The van der Waals surface area contributed by atoms with Crippen molar-refractivity contribution in [1.82, 2.24) is 4.98 Å². The van der Waals surface area contributed by atoms with Crippen molar-refractivity contribution >= 4 is 35.1 Å². The lowest BCUT2D eigenvalue weighted by Gasteiger charge is -2.20. The number of hydrogen-bond donors (Lipinski definition) is 1. The summed E-state index contributed by atoms with van der Waals surface area (Å²) in [5, 5.41) is 4.14. The van der Waals surface area contributed by atoms with Gasteiger partial charge in [0.05, 0.1) is 11.6 Å². The minimum atomic E-state index is -0.136. The van der Waals surface area contributed by atoms with Gasteiger partial charge in [-0.2, -0.15) is 0 Å². The van der Waals surface area contributed by atoms with Gasteiger partial charge in [-0.05, 0) is 55.9 Å². The van der Waals surface area contributed by atoms with Gasteiger partial charge in [0.15, 0.2) is 0 Å². The second-order valence-electron chi connectivity index (χ2n) is 8.09. The fourth-order valence-corrected chi connectivity index (χ4v) is 5.08. The van der Waals surface area contributed by atoms with E-state index < -0.39 is 0 Å². The van der Waals surface area contributed by atoms with Gasteiger partial charge in [0.2, 0.25) is 5.91 Å². The molecule has 0 aliphatic rings. The molecule has 5 heteroatoms. The van der Waals surface area contributed by atoms with Crippen molar-refractivity contribution in [3.05, 3.63) is 47.2 Å². The van der Waals surface area contributed by atoms with Gasteiger partial charge in [-0.3, -0.25) is 4.79 Å². The lowest BCUT2D eigenvalue weighted by atomic mass is 9.91. The van der Waals surface area contributed by atoms with Crippen LogP contribution in [-0.2, 0) is 11.2 Å². The van der Waals surface area contributed by atoms with Crippen LogP contribution in [0.2, 0.25) is 0 Å². The van der Waals surface area contributed by atoms with Gasteiger partial charge in [0.25, 0.3) is 0 Å². The van der Waals surface area contributed by atoms with Gasteiger partial charge in [0.1, 0.15) is 5.03 Å². The Labute approximate surface area is 197 Å². The summed E-state index contributed by atoms with van der Waals surface area (Å²) in [6.07, 6.45) is 13.1. The maximum atomic E-state index is 13.5. The van der Waals surface area contributed by atoms with Gasteiger partial charge in [-0.1, -0.05) is 70.2 Å². The number of amides is 1. The molecule has 31 heavy (non-hydrogen) atoms. The topological polar surface area (TPSA) is 42.0 Å². The molecule has 0 saturated carbocycles. The summed E-state index contributed by atoms with van der Waals surface area (Å²) in [6, 6.07) is 10.8. The van der Waals surface area contributed by atoms with Gasteiger partial charge < -0.3 is 5.32 Å². The summed E-state index contributed by atoms with van der Waals surface area (Å²) in [5.74, 6) is -0.0585. The number of carbonyl (C=O) groups is 1. The van der Waals surface area contributed by atoms with E-state index in [1.165, 1.54) is 37.7 Å². The maximum Gasteiger partial charge on any atom is 0.232 e. The van der Waals surface area contributed by atoms with Crippen LogP contribution in [-0.4, -0.2) is 23.4 Å². The Kier molecular flexibility index (Phi) is 11.5. The van der Waals surface area contributed by atoms with E-state index in [2.05, 4.69) is 54.5 Å². The number of carbonyl (C=O) groups excluding carboxylic acids is 1. The number of hydrogen-bond acceptors (Lipinski definition) is 4. The molecule has 0 aliphatic heterocycles. The Hall–Kier alpha value is -1.46. The van der Waals surface area contributed by atoms with Crippen molar-refractivity contribution in [1.29, 1.82) is 0 Å². The lowest BCUT2D eigenvalue weighted by molar-refractivity contribution is -0.117. The number of anilines is 1. The Bertz CT molecular complexity index is 796. The number of aromatic nitrogens is 1. The molecule has 0 saturated heterocycles. The normalized spacial score (nSPS) is 12.0. The van der Waals surface area contributed by atoms with E-state index in [-0.39, 0.29) is 11.8 Å². The van der Waals surface area contributed by atoms with E-state index in [1.807, 2.05) is 19.4 Å². The number of benzene rings is 1. The van der Waals surface area contributed by atoms with Crippen molar-refractivity contribution in [2.24, 2.45) is 0 Å². The molecule has 0 spiro atoms. The fraction of sp³-hybridized carbons (Fsp3) is 0.538. The number of nitrogens with one attached hydrogen (secondary N) is 1. The van der Waals surface area contributed by atoms with Gasteiger partial charge in [0, 0.05) is 10.6 Å². The third-order valence-electron chi connectivity index (χ3n) is 5.60. The van der Waals surface area contributed by atoms with Crippen LogP contribution in [0, 0.1) is 6.92 Å². The average Bonchev–Trinajstić information content (AvgIpc) is 2.78. The Balaban J connectivity index is 2.26. The van der Waals surface area contributed by atoms with Gasteiger partial charge in [-0.15, -0.1) is 23.5 Å². The van der Waals surface area contributed by atoms with Crippen molar-refractivity contribution in [2.75, 3.05) is 17.8 Å². The van der Waals surface area contributed by atoms with Crippen LogP contribution in [0.15, 0.2) is 40.3 Å². The SMILES string of the molecule is CCCCCCC(C(=O)Nc1c(SC)cc(C)nc1SC)c1ccc(CCCC)cc1. The van der Waals surface area contributed by atoms with E-state index in [4.69, 9.17) is 0 Å². The predicted molar refractivity (Wildman–Crippen MR) is 138 cm³/mol. The van der Waals surface area contributed by atoms with Crippen molar-refractivity contribution < 1.29 is 4.79 Å².